The first kappa shape index (κ1) is 17.1. The maximum absolute atomic E-state index is 5.42. The summed E-state index contributed by atoms with van der Waals surface area (Å²) in [5.41, 5.74) is 2.44. The Morgan fingerprint density at radius 2 is 1.04 bits per heavy atom. The molecule has 2 saturated heterocycles. The van der Waals surface area contributed by atoms with Crippen molar-refractivity contribution in [3.8, 4) is 0 Å². The van der Waals surface area contributed by atoms with Crippen LogP contribution in [0.5, 0.6) is 0 Å². The normalized spacial score (nSPS) is 20.8. The molecule has 0 aliphatic carbocycles. The lowest BCUT2D eigenvalue weighted by molar-refractivity contribution is 0.104. The van der Waals surface area contributed by atoms with Crippen LogP contribution in [0.4, 0.5) is 0 Å². The van der Waals surface area contributed by atoms with Crippen molar-refractivity contribution in [1.29, 1.82) is 0 Å². The van der Waals surface area contributed by atoms with Gasteiger partial charge in [0.2, 0.25) is 0 Å². The predicted octanol–water partition coefficient (Wildman–Crippen LogP) is 3.20. The monoisotopic (exact) mass is 328 g/mol. The molecule has 0 bridgehead atoms. The van der Waals surface area contributed by atoms with Crippen molar-refractivity contribution < 1.29 is 18.9 Å². The molecule has 2 aromatic carbocycles. The number of epoxide rings is 2. The van der Waals surface area contributed by atoms with Crippen LogP contribution in [0.1, 0.15) is 11.1 Å². The molecule has 128 valence electrons. The molecule has 24 heavy (non-hydrogen) atoms. The summed E-state index contributed by atoms with van der Waals surface area (Å²) in [4.78, 5) is 0. The quantitative estimate of drug-likeness (QED) is 0.698. The molecule has 0 N–H and O–H groups in total. The summed E-state index contributed by atoms with van der Waals surface area (Å²) >= 11 is 0. The topological polar surface area (TPSA) is 43.5 Å². The van der Waals surface area contributed by atoms with Crippen molar-refractivity contribution in [2.75, 3.05) is 26.4 Å². The minimum absolute atomic E-state index is 0.369. The van der Waals surface area contributed by atoms with Gasteiger partial charge in [-0.15, -0.1) is 0 Å². The molecule has 2 aliphatic rings. The second-order valence-corrected chi connectivity index (χ2v) is 5.91. The third kappa shape index (κ3) is 7.23. The number of hydrogen-bond acceptors (Lipinski definition) is 4. The molecule has 4 rings (SSSR count). The summed E-state index contributed by atoms with van der Waals surface area (Å²) in [5.74, 6) is 0. The zero-order valence-corrected chi connectivity index (χ0v) is 13.8. The number of rotatable bonds is 8. The van der Waals surface area contributed by atoms with Crippen molar-refractivity contribution in [3.05, 3.63) is 71.8 Å². The van der Waals surface area contributed by atoms with Gasteiger partial charge in [-0.3, -0.25) is 0 Å². The molecule has 0 spiro atoms. The molecule has 4 heteroatoms. The highest BCUT2D eigenvalue weighted by molar-refractivity contribution is 5.14. The highest BCUT2D eigenvalue weighted by Crippen LogP contribution is 2.11. The fourth-order valence-electron chi connectivity index (χ4n) is 2.09. The van der Waals surface area contributed by atoms with Crippen molar-refractivity contribution in [3.63, 3.8) is 0 Å². The van der Waals surface area contributed by atoms with Gasteiger partial charge in [-0.2, -0.15) is 0 Å². The number of hydrogen-bond donors (Lipinski definition) is 0. The molecule has 2 aliphatic heterocycles. The zero-order chi connectivity index (χ0) is 16.5. The Kier molecular flexibility index (Phi) is 6.81. The first-order valence-corrected chi connectivity index (χ1v) is 8.36. The number of ether oxygens (including phenoxy) is 4. The summed E-state index contributed by atoms with van der Waals surface area (Å²) in [6, 6.07) is 20.3. The lowest BCUT2D eigenvalue weighted by Crippen LogP contribution is -2.00. The van der Waals surface area contributed by atoms with Gasteiger partial charge in [0, 0.05) is 0 Å². The molecule has 2 unspecified atom stereocenters. The van der Waals surface area contributed by atoms with Crippen LogP contribution in [0.3, 0.4) is 0 Å². The third-order valence-corrected chi connectivity index (χ3v) is 3.64. The minimum Gasteiger partial charge on any atom is -0.374 e. The van der Waals surface area contributed by atoms with Crippen LogP contribution < -0.4 is 0 Å². The summed E-state index contributed by atoms with van der Waals surface area (Å²) in [5, 5.41) is 0. The van der Waals surface area contributed by atoms with Gasteiger partial charge in [0.25, 0.3) is 0 Å². The van der Waals surface area contributed by atoms with Gasteiger partial charge in [-0.05, 0) is 11.1 Å². The van der Waals surface area contributed by atoms with Crippen molar-refractivity contribution in [2.24, 2.45) is 0 Å². The van der Waals surface area contributed by atoms with Gasteiger partial charge >= 0.3 is 0 Å². The molecule has 2 fully saturated rings. The first-order valence-electron chi connectivity index (χ1n) is 8.36. The molecule has 0 amide bonds. The van der Waals surface area contributed by atoms with E-state index in [2.05, 4.69) is 24.3 Å². The van der Waals surface area contributed by atoms with E-state index in [0.29, 0.717) is 25.4 Å². The van der Waals surface area contributed by atoms with Crippen LogP contribution in [0, 0.1) is 0 Å². The van der Waals surface area contributed by atoms with Crippen LogP contribution in [0.25, 0.3) is 0 Å². The first-order chi connectivity index (χ1) is 11.9. The van der Waals surface area contributed by atoms with Crippen LogP contribution in [-0.4, -0.2) is 38.6 Å². The fraction of sp³-hybridized carbons (Fsp3) is 0.400. The van der Waals surface area contributed by atoms with E-state index in [-0.39, 0.29) is 0 Å². The van der Waals surface area contributed by atoms with E-state index in [0.717, 1.165) is 26.4 Å². The molecule has 2 aromatic rings. The van der Waals surface area contributed by atoms with E-state index in [9.17, 15) is 0 Å². The Bertz CT molecular complexity index is 511. The second-order valence-electron chi connectivity index (χ2n) is 5.91. The van der Waals surface area contributed by atoms with Gasteiger partial charge in [0.15, 0.2) is 0 Å². The molecular weight excluding hydrogens is 304 g/mol. The van der Waals surface area contributed by atoms with E-state index in [1.165, 1.54) is 11.1 Å². The lowest BCUT2D eigenvalue weighted by atomic mass is 10.2. The Labute approximate surface area is 143 Å². The summed E-state index contributed by atoms with van der Waals surface area (Å²) < 4.78 is 20.9. The molecule has 0 aromatic heterocycles. The molecule has 0 radical (unpaired) electrons. The highest BCUT2D eigenvalue weighted by Gasteiger charge is 2.22. The Morgan fingerprint density at radius 1 is 0.667 bits per heavy atom. The predicted molar refractivity (Wildman–Crippen MR) is 91.7 cm³/mol. The largest absolute Gasteiger partial charge is 0.374 e. The van der Waals surface area contributed by atoms with Gasteiger partial charge < -0.3 is 18.9 Å². The fourth-order valence-corrected chi connectivity index (χ4v) is 2.09. The average Bonchev–Trinajstić information content (AvgIpc) is 3.53. The Hall–Kier alpha value is -1.72. The van der Waals surface area contributed by atoms with E-state index in [1.807, 2.05) is 36.4 Å². The molecule has 4 nitrogen and oxygen atoms in total. The molecule has 2 atom stereocenters. The molecular formula is C20H24O4. The smallest absolute Gasteiger partial charge is 0.104 e. The standard InChI is InChI=1S/2C10H12O2/c2*1-2-4-9(5-3-1)6-11-7-10-8-12-10/h2*1-5,10H,6-8H2. The van der Waals surface area contributed by atoms with E-state index < -0.39 is 0 Å². The number of benzene rings is 2. The van der Waals surface area contributed by atoms with Gasteiger partial charge in [0.1, 0.15) is 12.2 Å². The molecule has 2 heterocycles. The second kappa shape index (κ2) is 9.55. The summed E-state index contributed by atoms with van der Waals surface area (Å²) in [6.45, 7) is 4.59. The zero-order valence-electron chi connectivity index (χ0n) is 13.8. The maximum atomic E-state index is 5.42. The summed E-state index contributed by atoms with van der Waals surface area (Å²) in [6.07, 6.45) is 0.738. The minimum atomic E-state index is 0.369. The SMILES string of the molecule is c1ccc(COCC2CO2)cc1.c1ccc(COCC2CO2)cc1. The average molecular weight is 328 g/mol. The van der Waals surface area contributed by atoms with E-state index in [1.54, 1.807) is 0 Å². The third-order valence-electron chi connectivity index (χ3n) is 3.64. The highest BCUT2D eigenvalue weighted by atomic mass is 16.6. The summed E-state index contributed by atoms with van der Waals surface area (Å²) in [7, 11) is 0. The van der Waals surface area contributed by atoms with E-state index in [4.69, 9.17) is 18.9 Å². The van der Waals surface area contributed by atoms with Crippen molar-refractivity contribution >= 4 is 0 Å². The van der Waals surface area contributed by atoms with Gasteiger partial charge in [-0.1, -0.05) is 60.7 Å². The van der Waals surface area contributed by atoms with Crippen LogP contribution >= 0.6 is 0 Å². The van der Waals surface area contributed by atoms with Crippen molar-refractivity contribution in [2.45, 2.75) is 25.4 Å². The Morgan fingerprint density at radius 3 is 1.38 bits per heavy atom. The van der Waals surface area contributed by atoms with Gasteiger partial charge in [-0.25, -0.2) is 0 Å². The van der Waals surface area contributed by atoms with Crippen molar-refractivity contribution in [1.82, 2.24) is 0 Å². The lowest BCUT2D eigenvalue weighted by Gasteiger charge is -2.00. The maximum Gasteiger partial charge on any atom is 0.104 e. The van der Waals surface area contributed by atoms with Crippen LogP contribution in [0.15, 0.2) is 60.7 Å². The van der Waals surface area contributed by atoms with E-state index >= 15 is 0 Å². The van der Waals surface area contributed by atoms with Crippen LogP contribution in [-0.2, 0) is 32.2 Å². The van der Waals surface area contributed by atoms with Gasteiger partial charge in [0.05, 0.1) is 39.6 Å². The Balaban J connectivity index is 0.000000141. The van der Waals surface area contributed by atoms with Crippen LogP contribution in [0.2, 0.25) is 0 Å². The molecule has 0 saturated carbocycles.